The molecule has 0 saturated carbocycles. The molecule has 2 heterocycles. The monoisotopic (exact) mass is 289 g/mol. The SMILES string of the molecule is Cc1cc(-c2nn(C)c(C(F)(F)F)c2C)ncc1Cl. The standard InChI is InChI=1S/C12H11ClF3N3/c1-6-4-9(17-5-8(6)13)10-7(2)11(12(14,15)16)19(3)18-10/h4-5H,1-3H3. The smallest absolute Gasteiger partial charge is 0.263 e. The highest BCUT2D eigenvalue weighted by Crippen LogP contribution is 2.35. The maximum atomic E-state index is 12.9. The molecule has 0 bridgehead atoms. The summed E-state index contributed by atoms with van der Waals surface area (Å²) in [6.45, 7) is 3.15. The van der Waals surface area contributed by atoms with Gasteiger partial charge >= 0.3 is 6.18 Å². The number of nitrogens with zero attached hydrogens (tertiary/aromatic N) is 3. The van der Waals surface area contributed by atoms with Crippen LogP contribution in [0.3, 0.4) is 0 Å². The number of hydrogen-bond donors (Lipinski definition) is 0. The third-order valence-electron chi connectivity index (χ3n) is 2.84. The molecule has 7 heteroatoms. The molecular formula is C12H11ClF3N3. The van der Waals surface area contributed by atoms with Gasteiger partial charge in [-0.15, -0.1) is 0 Å². The van der Waals surface area contributed by atoms with E-state index in [0.29, 0.717) is 10.7 Å². The summed E-state index contributed by atoms with van der Waals surface area (Å²) < 4.78 is 39.5. The largest absolute Gasteiger partial charge is 0.433 e. The van der Waals surface area contributed by atoms with Gasteiger partial charge in [0.1, 0.15) is 11.4 Å². The van der Waals surface area contributed by atoms with Gasteiger partial charge in [0.2, 0.25) is 0 Å². The summed E-state index contributed by atoms with van der Waals surface area (Å²) in [7, 11) is 1.27. The van der Waals surface area contributed by atoms with Crippen molar-refractivity contribution < 1.29 is 13.2 Å². The van der Waals surface area contributed by atoms with Gasteiger partial charge in [-0.25, -0.2) is 0 Å². The van der Waals surface area contributed by atoms with Crippen LogP contribution in [0, 0.1) is 13.8 Å². The van der Waals surface area contributed by atoms with Crippen LogP contribution in [0.1, 0.15) is 16.8 Å². The number of rotatable bonds is 1. The molecule has 0 saturated heterocycles. The van der Waals surface area contributed by atoms with Gasteiger partial charge in [0.25, 0.3) is 0 Å². The van der Waals surface area contributed by atoms with Gasteiger partial charge in [-0.2, -0.15) is 18.3 Å². The fraction of sp³-hybridized carbons (Fsp3) is 0.333. The van der Waals surface area contributed by atoms with E-state index in [1.54, 1.807) is 13.0 Å². The zero-order valence-corrected chi connectivity index (χ0v) is 11.3. The lowest BCUT2D eigenvalue weighted by Crippen LogP contribution is -2.13. The van der Waals surface area contributed by atoms with Crippen LogP contribution >= 0.6 is 11.6 Å². The van der Waals surface area contributed by atoms with Crippen molar-refractivity contribution in [1.82, 2.24) is 14.8 Å². The lowest BCUT2D eigenvalue weighted by molar-refractivity contribution is -0.144. The van der Waals surface area contributed by atoms with Crippen LogP contribution in [-0.2, 0) is 13.2 Å². The minimum atomic E-state index is -4.44. The maximum Gasteiger partial charge on any atom is 0.433 e. The van der Waals surface area contributed by atoms with Gasteiger partial charge < -0.3 is 0 Å². The summed E-state index contributed by atoms with van der Waals surface area (Å²) in [5, 5.41) is 4.37. The molecule has 0 unspecified atom stereocenters. The van der Waals surface area contributed by atoms with Gasteiger partial charge in [-0.05, 0) is 25.5 Å². The highest BCUT2D eigenvalue weighted by Gasteiger charge is 2.38. The molecule has 3 nitrogen and oxygen atoms in total. The average molecular weight is 290 g/mol. The second-order valence-electron chi connectivity index (χ2n) is 4.26. The predicted molar refractivity (Wildman–Crippen MR) is 65.9 cm³/mol. The van der Waals surface area contributed by atoms with Gasteiger partial charge in [0, 0.05) is 18.8 Å². The first kappa shape index (κ1) is 13.9. The fourth-order valence-electron chi connectivity index (χ4n) is 1.94. The van der Waals surface area contributed by atoms with Crippen molar-refractivity contribution in [2.75, 3.05) is 0 Å². The Bertz CT molecular complexity index is 632. The van der Waals surface area contributed by atoms with Crippen LogP contribution in [0.2, 0.25) is 5.02 Å². The lowest BCUT2D eigenvalue weighted by atomic mass is 10.1. The summed E-state index contributed by atoms with van der Waals surface area (Å²) in [5.41, 5.74) is 0.631. The van der Waals surface area contributed by atoms with E-state index in [4.69, 9.17) is 11.6 Å². The zero-order chi connectivity index (χ0) is 14.4. The number of hydrogen-bond acceptors (Lipinski definition) is 2. The third kappa shape index (κ3) is 2.45. The summed E-state index contributed by atoms with van der Waals surface area (Å²) in [5.74, 6) is 0. The maximum absolute atomic E-state index is 12.9. The molecule has 0 amide bonds. The normalized spacial score (nSPS) is 11.9. The second-order valence-corrected chi connectivity index (χ2v) is 4.67. The van der Waals surface area contributed by atoms with Crippen molar-refractivity contribution in [2.24, 2.45) is 7.05 Å². The van der Waals surface area contributed by atoms with E-state index in [0.717, 1.165) is 10.2 Å². The molecule has 19 heavy (non-hydrogen) atoms. The molecule has 2 rings (SSSR count). The highest BCUT2D eigenvalue weighted by atomic mass is 35.5. The van der Waals surface area contributed by atoms with E-state index in [-0.39, 0.29) is 11.3 Å². The highest BCUT2D eigenvalue weighted by molar-refractivity contribution is 6.31. The topological polar surface area (TPSA) is 30.7 Å². The number of aryl methyl sites for hydroxylation is 2. The average Bonchev–Trinajstić information content (AvgIpc) is 2.57. The Morgan fingerprint density at radius 2 is 1.89 bits per heavy atom. The number of pyridine rings is 1. The van der Waals surface area contributed by atoms with Crippen molar-refractivity contribution >= 4 is 11.6 Å². The minimum Gasteiger partial charge on any atom is -0.263 e. The Hall–Kier alpha value is -1.56. The summed E-state index contributed by atoms with van der Waals surface area (Å²) in [6.07, 6.45) is -3.03. The summed E-state index contributed by atoms with van der Waals surface area (Å²) >= 11 is 5.85. The Morgan fingerprint density at radius 3 is 2.37 bits per heavy atom. The van der Waals surface area contributed by atoms with E-state index in [9.17, 15) is 13.2 Å². The Labute approximate surface area is 113 Å². The Morgan fingerprint density at radius 1 is 1.26 bits per heavy atom. The third-order valence-corrected chi connectivity index (χ3v) is 3.24. The van der Waals surface area contributed by atoms with Crippen LogP contribution < -0.4 is 0 Å². The Kier molecular flexibility index (Phi) is 3.30. The van der Waals surface area contributed by atoms with Gasteiger partial charge in [-0.1, -0.05) is 11.6 Å². The first-order valence-corrected chi connectivity index (χ1v) is 5.83. The van der Waals surface area contributed by atoms with Gasteiger partial charge in [-0.3, -0.25) is 9.67 Å². The Balaban J connectivity index is 2.61. The van der Waals surface area contributed by atoms with E-state index in [1.807, 2.05) is 0 Å². The van der Waals surface area contributed by atoms with Crippen molar-refractivity contribution in [1.29, 1.82) is 0 Å². The molecular weight excluding hydrogens is 279 g/mol. The fourth-order valence-corrected chi connectivity index (χ4v) is 2.04. The molecule has 2 aromatic heterocycles. The molecule has 0 aromatic carbocycles. The molecule has 0 aliphatic rings. The molecule has 102 valence electrons. The minimum absolute atomic E-state index is 0.0595. The number of halogens is 4. The molecule has 0 aliphatic carbocycles. The van der Waals surface area contributed by atoms with Crippen molar-refractivity contribution in [3.8, 4) is 11.4 Å². The van der Waals surface area contributed by atoms with Crippen LogP contribution in [0.4, 0.5) is 13.2 Å². The van der Waals surface area contributed by atoms with Crippen LogP contribution in [0.5, 0.6) is 0 Å². The van der Waals surface area contributed by atoms with Crippen molar-refractivity contribution in [3.05, 3.63) is 34.1 Å². The summed E-state index contributed by atoms with van der Waals surface area (Å²) in [6, 6.07) is 1.62. The first-order valence-electron chi connectivity index (χ1n) is 5.45. The second kappa shape index (κ2) is 4.52. The molecule has 2 aromatic rings. The molecule has 0 fully saturated rings. The van der Waals surface area contributed by atoms with Crippen LogP contribution in [0.15, 0.2) is 12.3 Å². The molecule has 0 aliphatic heterocycles. The molecule has 0 radical (unpaired) electrons. The van der Waals surface area contributed by atoms with Gasteiger partial charge in [0.05, 0.1) is 10.7 Å². The molecule has 0 atom stereocenters. The van der Waals surface area contributed by atoms with Crippen LogP contribution in [0.25, 0.3) is 11.4 Å². The van der Waals surface area contributed by atoms with Crippen LogP contribution in [-0.4, -0.2) is 14.8 Å². The first-order chi connectivity index (χ1) is 8.71. The van der Waals surface area contributed by atoms with E-state index < -0.39 is 11.9 Å². The van der Waals surface area contributed by atoms with Crippen molar-refractivity contribution in [2.45, 2.75) is 20.0 Å². The predicted octanol–water partition coefficient (Wildman–Crippen LogP) is 3.77. The van der Waals surface area contributed by atoms with E-state index in [2.05, 4.69) is 10.1 Å². The number of aromatic nitrogens is 3. The zero-order valence-electron chi connectivity index (χ0n) is 10.5. The molecule has 0 N–H and O–H groups in total. The quantitative estimate of drug-likeness (QED) is 0.800. The number of alkyl halides is 3. The van der Waals surface area contributed by atoms with Crippen molar-refractivity contribution in [3.63, 3.8) is 0 Å². The van der Waals surface area contributed by atoms with E-state index in [1.165, 1.54) is 20.2 Å². The molecule has 0 spiro atoms. The summed E-state index contributed by atoms with van der Waals surface area (Å²) in [4.78, 5) is 4.03. The van der Waals surface area contributed by atoms with E-state index >= 15 is 0 Å². The lowest BCUT2D eigenvalue weighted by Gasteiger charge is -2.07. The van der Waals surface area contributed by atoms with Gasteiger partial charge in [0.15, 0.2) is 0 Å².